The Bertz CT molecular complexity index is 258. The van der Waals surface area contributed by atoms with E-state index < -0.39 is 0 Å². The fourth-order valence-electron chi connectivity index (χ4n) is 1.16. The molecule has 1 unspecified atom stereocenters. The molecule has 0 amide bonds. The quantitative estimate of drug-likeness (QED) is 0.766. The van der Waals surface area contributed by atoms with Crippen LogP contribution in [0.25, 0.3) is 0 Å². The zero-order chi connectivity index (χ0) is 10.4. The Kier molecular flexibility index (Phi) is 5.31. The number of rotatable bonds is 5. The van der Waals surface area contributed by atoms with Gasteiger partial charge in [-0.1, -0.05) is 23.7 Å². The van der Waals surface area contributed by atoms with E-state index in [-0.39, 0.29) is 0 Å². The van der Waals surface area contributed by atoms with Crippen molar-refractivity contribution in [3.8, 4) is 0 Å². The highest BCUT2D eigenvalue weighted by Crippen LogP contribution is 2.09. The molecule has 1 aromatic rings. The lowest BCUT2D eigenvalue weighted by Gasteiger charge is -2.11. The second-order valence-electron chi connectivity index (χ2n) is 3.39. The second-order valence-corrected chi connectivity index (χ2v) is 4.20. The van der Waals surface area contributed by atoms with Gasteiger partial charge in [-0.15, -0.1) is 11.6 Å². The average molecular weight is 232 g/mol. The van der Waals surface area contributed by atoms with Crippen LogP contribution >= 0.6 is 23.2 Å². The van der Waals surface area contributed by atoms with Gasteiger partial charge in [0.25, 0.3) is 0 Å². The van der Waals surface area contributed by atoms with Crippen LogP contribution in [0.2, 0.25) is 5.02 Å². The van der Waals surface area contributed by atoms with Crippen molar-refractivity contribution in [1.29, 1.82) is 0 Å². The predicted molar refractivity (Wildman–Crippen MR) is 63.1 cm³/mol. The Morgan fingerprint density at radius 1 is 1.29 bits per heavy atom. The van der Waals surface area contributed by atoms with Gasteiger partial charge in [-0.05, 0) is 31.0 Å². The number of halogens is 2. The van der Waals surface area contributed by atoms with Gasteiger partial charge < -0.3 is 5.32 Å². The fraction of sp³-hybridized carbons (Fsp3) is 0.455. The van der Waals surface area contributed by atoms with E-state index in [0.717, 1.165) is 18.0 Å². The van der Waals surface area contributed by atoms with Crippen molar-refractivity contribution < 1.29 is 0 Å². The van der Waals surface area contributed by atoms with E-state index in [1.54, 1.807) is 0 Å². The summed E-state index contributed by atoms with van der Waals surface area (Å²) >= 11 is 11.4. The maximum atomic E-state index is 5.79. The van der Waals surface area contributed by atoms with Crippen molar-refractivity contribution in [3.05, 3.63) is 34.9 Å². The molecule has 0 fully saturated rings. The highest BCUT2D eigenvalue weighted by Gasteiger charge is 1.99. The van der Waals surface area contributed by atoms with Gasteiger partial charge in [0.1, 0.15) is 0 Å². The van der Waals surface area contributed by atoms with Gasteiger partial charge in [0.05, 0.1) is 0 Å². The minimum atomic E-state index is 0.461. The van der Waals surface area contributed by atoms with Gasteiger partial charge in [0.2, 0.25) is 0 Å². The monoisotopic (exact) mass is 231 g/mol. The summed E-state index contributed by atoms with van der Waals surface area (Å²) in [6, 6.07) is 8.34. The third kappa shape index (κ3) is 4.32. The first-order valence-electron chi connectivity index (χ1n) is 4.76. The number of alkyl halides is 1. The Hall–Kier alpha value is -0.240. The molecule has 0 radical (unpaired) electrons. The van der Waals surface area contributed by atoms with Gasteiger partial charge in [-0.25, -0.2) is 0 Å². The van der Waals surface area contributed by atoms with E-state index in [2.05, 4.69) is 12.2 Å². The van der Waals surface area contributed by atoms with Crippen molar-refractivity contribution in [2.75, 3.05) is 5.88 Å². The fourth-order valence-corrected chi connectivity index (χ4v) is 1.61. The molecular formula is C11H15Cl2N. The summed E-state index contributed by atoms with van der Waals surface area (Å²) in [4.78, 5) is 0. The van der Waals surface area contributed by atoms with Crippen LogP contribution in [0.4, 0.5) is 0 Å². The first-order chi connectivity index (χ1) is 6.72. The highest BCUT2D eigenvalue weighted by molar-refractivity contribution is 6.30. The van der Waals surface area contributed by atoms with Gasteiger partial charge in [-0.3, -0.25) is 0 Å². The van der Waals surface area contributed by atoms with Crippen LogP contribution in [-0.4, -0.2) is 11.9 Å². The zero-order valence-electron chi connectivity index (χ0n) is 8.26. The molecule has 0 saturated carbocycles. The normalized spacial score (nSPS) is 12.8. The summed E-state index contributed by atoms with van der Waals surface area (Å²) in [5.74, 6) is 0.703. The topological polar surface area (TPSA) is 12.0 Å². The van der Waals surface area contributed by atoms with Gasteiger partial charge in [0.15, 0.2) is 0 Å². The second kappa shape index (κ2) is 6.28. The van der Waals surface area contributed by atoms with E-state index in [1.165, 1.54) is 5.56 Å². The lowest BCUT2D eigenvalue weighted by Crippen LogP contribution is -2.25. The summed E-state index contributed by atoms with van der Waals surface area (Å²) in [6.45, 7) is 3.01. The van der Waals surface area contributed by atoms with Gasteiger partial charge >= 0.3 is 0 Å². The molecule has 0 aliphatic heterocycles. The van der Waals surface area contributed by atoms with Crippen LogP contribution in [0.3, 0.4) is 0 Å². The Balaban J connectivity index is 2.34. The minimum absolute atomic E-state index is 0.461. The Morgan fingerprint density at radius 2 is 1.93 bits per heavy atom. The Morgan fingerprint density at radius 3 is 2.50 bits per heavy atom. The zero-order valence-corrected chi connectivity index (χ0v) is 9.78. The molecule has 0 aromatic heterocycles. The molecule has 1 aromatic carbocycles. The molecule has 1 atom stereocenters. The van der Waals surface area contributed by atoms with Gasteiger partial charge in [-0.2, -0.15) is 0 Å². The third-order valence-corrected chi connectivity index (χ3v) is 2.58. The maximum Gasteiger partial charge on any atom is 0.0406 e. The smallest absolute Gasteiger partial charge is 0.0406 e. The molecule has 0 saturated heterocycles. The van der Waals surface area contributed by atoms with E-state index >= 15 is 0 Å². The van der Waals surface area contributed by atoms with Crippen LogP contribution in [0.15, 0.2) is 24.3 Å². The molecular weight excluding hydrogens is 217 g/mol. The summed E-state index contributed by atoms with van der Waals surface area (Å²) in [5, 5.41) is 4.17. The molecule has 0 heterocycles. The first-order valence-corrected chi connectivity index (χ1v) is 5.67. The molecule has 14 heavy (non-hydrogen) atoms. The minimum Gasteiger partial charge on any atom is -0.310 e. The average Bonchev–Trinajstić information content (AvgIpc) is 2.17. The number of nitrogens with one attached hydrogen (secondary N) is 1. The summed E-state index contributed by atoms with van der Waals surface area (Å²) in [7, 11) is 0. The van der Waals surface area contributed by atoms with E-state index in [9.17, 15) is 0 Å². The van der Waals surface area contributed by atoms with Crippen LogP contribution < -0.4 is 5.32 Å². The van der Waals surface area contributed by atoms with Crippen molar-refractivity contribution in [2.24, 2.45) is 0 Å². The molecule has 78 valence electrons. The third-order valence-electron chi connectivity index (χ3n) is 2.11. The summed E-state index contributed by atoms with van der Waals surface area (Å²) < 4.78 is 0. The van der Waals surface area contributed by atoms with Crippen molar-refractivity contribution in [3.63, 3.8) is 0 Å². The predicted octanol–water partition coefficient (Wildman–Crippen LogP) is 3.45. The van der Waals surface area contributed by atoms with E-state index in [1.807, 2.05) is 24.3 Å². The molecule has 0 bridgehead atoms. The standard InChI is InChI=1S/C11H15Cl2N/c1-9(6-7-12)14-8-10-2-4-11(13)5-3-10/h2-5,9,14H,6-8H2,1H3. The molecule has 1 N–H and O–H groups in total. The highest BCUT2D eigenvalue weighted by atomic mass is 35.5. The molecule has 3 heteroatoms. The van der Waals surface area contributed by atoms with Crippen LogP contribution in [0.5, 0.6) is 0 Å². The van der Waals surface area contributed by atoms with Crippen LogP contribution in [0.1, 0.15) is 18.9 Å². The van der Waals surface area contributed by atoms with Crippen LogP contribution in [0, 0.1) is 0 Å². The lowest BCUT2D eigenvalue weighted by molar-refractivity contribution is 0.536. The number of benzene rings is 1. The Labute approximate surface area is 95.4 Å². The largest absolute Gasteiger partial charge is 0.310 e. The van der Waals surface area contributed by atoms with Crippen molar-refractivity contribution >= 4 is 23.2 Å². The van der Waals surface area contributed by atoms with E-state index in [4.69, 9.17) is 23.2 Å². The maximum absolute atomic E-state index is 5.79. The van der Waals surface area contributed by atoms with E-state index in [0.29, 0.717) is 11.9 Å². The molecule has 0 aliphatic rings. The van der Waals surface area contributed by atoms with Crippen molar-refractivity contribution in [2.45, 2.75) is 25.9 Å². The first kappa shape index (κ1) is 11.8. The van der Waals surface area contributed by atoms with Gasteiger partial charge in [0, 0.05) is 23.5 Å². The van der Waals surface area contributed by atoms with Crippen LogP contribution in [-0.2, 0) is 6.54 Å². The van der Waals surface area contributed by atoms with Crippen molar-refractivity contribution in [1.82, 2.24) is 5.32 Å². The molecule has 1 rings (SSSR count). The molecule has 1 nitrogen and oxygen atoms in total. The SMILES string of the molecule is CC(CCCl)NCc1ccc(Cl)cc1. The summed E-state index contributed by atoms with van der Waals surface area (Å²) in [6.07, 6.45) is 0.995. The molecule has 0 spiro atoms. The number of hydrogen-bond donors (Lipinski definition) is 1. The number of hydrogen-bond acceptors (Lipinski definition) is 1. The lowest BCUT2D eigenvalue weighted by atomic mass is 10.2. The molecule has 0 aliphatic carbocycles. The summed E-state index contributed by atoms with van der Waals surface area (Å²) in [5.41, 5.74) is 1.25.